The van der Waals surface area contributed by atoms with Crippen LogP contribution in [-0.2, 0) is 0 Å². The van der Waals surface area contributed by atoms with Gasteiger partial charge < -0.3 is 10.6 Å². The third-order valence-electron chi connectivity index (χ3n) is 3.28. The second kappa shape index (κ2) is 4.25. The first-order chi connectivity index (χ1) is 8.38. The van der Waals surface area contributed by atoms with Crippen molar-refractivity contribution in [3.05, 3.63) is 12.4 Å². The Kier molecular flexibility index (Phi) is 2.60. The highest BCUT2D eigenvalue weighted by atomic mass is 15.5. The molecule has 1 unspecified atom stereocenters. The molecule has 1 aliphatic heterocycles. The lowest BCUT2D eigenvalue weighted by molar-refractivity contribution is 0.545. The van der Waals surface area contributed by atoms with Gasteiger partial charge in [0, 0.05) is 13.1 Å². The SMILES string of the molecule is NCCC1CCN(c2cncc3nnnn23)C1. The molecule has 7 heteroatoms. The number of nitrogens with two attached hydrogens (primary N) is 1. The Labute approximate surface area is 98.6 Å². The second-order valence-corrected chi connectivity index (χ2v) is 4.39. The number of anilines is 1. The molecule has 2 N–H and O–H groups in total. The van der Waals surface area contributed by atoms with Gasteiger partial charge >= 0.3 is 0 Å². The molecule has 0 bridgehead atoms. The molecular formula is C10H15N7. The summed E-state index contributed by atoms with van der Waals surface area (Å²) in [6.45, 7) is 2.79. The van der Waals surface area contributed by atoms with Crippen molar-refractivity contribution in [3.63, 3.8) is 0 Å². The zero-order valence-electron chi connectivity index (χ0n) is 9.53. The van der Waals surface area contributed by atoms with E-state index in [-0.39, 0.29) is 0 Å². The van der Waals surface area contributed by atoms with Gasteiger partial charge in [-0.15, -0.1) is 5.10 Å². The Morgan fingerprint density at radius 1 is 1.41 bits per heavy atom. The zero-order valence-corrected chi connectivity index (χ0v) is 9.53. The van der Waals surface area contributed by atoms with Crippen LogP contribution in [0.5, 0.6) is 0 Å². The Morgan fingerprint density at radius 3 is 3.24 bits per heavy atom. The van der Waals surface area contributed by atoms with E-state index in [1.165, 1.54) is 6.42 Å². The van der Waals surface area contributed by atoms with E-state index in [0.717, 1.165) is 31.9 Å². The Morgan fingerprint density at radius 2 is 2.35 bits per heavy atom. The summed E-state index contributed by atoms with van der Waals surface area (Å²) in [6.07, 6.45) is 5.73. The van der Waals surface area contributed by atoms with Gasteiger partial charge in [0.05, 0.1) is 12.4 Å². The third kappa shape index (κ3) is 1.82. The number of hydrogen-bond acceptors (Lipinski definition) is 6. The molecule has 1 saturated heterocycles. The minimum Gasteiger partial charge on any atom is -0.355 e. The van der Waals surface area contributed by atoms with Gasteiger partial charge in [-0.2, -0.15) is 4.52 Å². The molecule has 17 heavy (non-hydrogen) atoms. The fourth-order valence-corrected chi connectivity index (χ4v) is 2.39. The van der Waals surface area contributed by atoms with Crippen molar-refractivity contribution in [1.29, 1.82) is 0 Å². The van der Waals surface area contributed by atoms with Gasteiger partial charge in [-0.1, -0.05) is 0 Å². The molecule has 2 aromatic rings. The smallest absolute Gasteiger partial charge is 0.199 e. The normalized spacial score (nSPS) is 20.3. The summed E-state index contributed by atoms with van der Waals surface area (Å²) in [5.41, 5.74) is 6.28. The molecule has 1 fully saturated rings. The minimum absolute atomic E-state index is 0.673. The van der Waals surface area contributed by atoms with Crippen LogP contribution in [0.3, 0.4) is 0 Å². The van der Waals surface area contributed by atoms with Crippen molar-refractivity contribution in [2.45, 2.75) is 12.8 Å². The topological polar surface area (TPSA) is 85.2 Å². The first kappa shape index (κ1) is 10.4. The summed E-state index contributed by atoms with van der Waals surface area (Å²) in [4.78, 5) is 6.45. The van der Waals surface area contributed by atoms with E-state index >= 15 is 0 Å². The van der Waals surface area contributed by atoms with Crippen LogP contribution in [0.4, 0.5) is 5.82 Å². The average Bonchev–Trinajstić information content (AvgIpc) is 2.96. The molecular weight excluding hydrogens is 218 g/mol. The molecule has 3 heterocycles. The zero-order chi connectivity index (χ0) is 11.7. The van der Waals surface area contributed by atoms with E-state index < -0.39 is 0 Å². The Hall–Kier alpha value is -1.76. The van der Waals surface area contributed by atoms with Gasteiger partial charge in [-0.3, -0.25) is 4.98 Å². The van der Waals surface area contributed by atoms with Crippen LogP contribution in [0.25, 0.3) is 5.65 Å². The highest BCUT2D eigenvalue weighted by molar-refractivity contribution is 5.46. The number of rotatable bonds is 3. The van der Waals surface area contributed by atoms with Crippen molar-refractivity contribution < 1.29 is 0 Å². The molecule has 0 saturated carbocycles. The molecule has 0 radical (unpaired) electrons. The summed E-state index contributed by atoms with van der Waals surface area (Å²) < 4.78 is 1.73. The number of hydrogen-bond donors (Lipinski definition) is 1. The number of nitrogens with zero attached hydrogens (tertiary/aromatic N) is 6. The number of tetrazole rings is 1. The molecule has 1 atom stereocenters. The maximum atomic E-state index is 5.60. The van der Waals surface area contributed by atoms with Crippen LogP contribution in [0, 0.1) is 5.92 Å². The number of aromatic nitrogens is 5. The fourth-order valence-electron chi connectivity index (χ4n) is 2.39. The lowest BCUT2D eigenvalue weighted by atomic mass is 10.1. The quantitative estimate of drug-likeness (QED) is 0.783. The van der Waals surface area contributed by atoms with Gasteiger partial charge in [0.15, 0.2) is 11.5 Å². The highest BCUT2D eigenvalue weighted by Gasteiger charge is 2.24. The molecule has 0 aliphatic carbocycles. The van der Waals surface area contributed by atoms with Gasteiger partial charge in [0.2, 0.25) is 0 Å². The van der Waals surface area contributed by atoms with E-state index in [4.69, 9.17) is 5.73 Å². The summed E-state index contributed by atoms with van der Waals surface area (Å²) in [6, 6.07) is 0. The van der Waals surface area contributed by atoms with Gasteiger partial charge in [0.1, 0.15) is 0 Å². The second-order valence-electron chi connectivity index (χ2n) is 4.39. The lowest BCUT2D eigenvalue weighted by Crippen LogP contribution is -2.23. The van der Waals surface area contributed by atoms with Gasteiger partial charge in [-0.25, -0.2) is 0 Å². The molecule has 2 aromatic heterocycles. The van der Waals surface area contributed by atoms with Crippen LogP contribution in [0.1, 0.15) is 12.8 Å². The van der Waals surface area contributed by atoms with Crippen LogP contribution >= 0.6 is 0 Å². The first-order valence-corrected chi connectivity index (χ1v) is 5.85. The predicted molar refractivity (Wildman–Crippen MR) is 62.6 cm³/mol. The van der Waals surface area contributed by atoms with Gasteiger partial charge in [0.25, 0.3) is 0 Å². The van der Waals surface area contributed by atoms with E-state index in [1.807, 2.05) is 6.20 Å². The van der Waals surface area contributed by atoms with Crippen LogP contribution in [-0.4, -0.2) is 44.7 Å². The average molecular weight is 233 g/mol. The van der Waals surface area contributed by atoms with Crippen molar-refractivity contribution in [2.75, 3.05) is 24.5 Å². The highest BCUT2D eigenvalue weighted by Crippen LogP contribution is 2.24. The Balaban J connectivity index is 1.87. The van der Waals surface area contributed by atoms with E-state index in [9.17, 15) is 0 Å². The largest absolute Gasteiger partial charge is 0.355 e. The van der Waals surface area contributed by atoms with Crippen LogP contribution < -0.4 is 10.6 Å². The van der Waals surface area contributed by atoms with Crippen molar-refractivity contribution in [1.82, 2.24) is 25.0 Å². The summed E-state index contributed by atoms with van der Waals surface area (Å²) in [5.74, 6) is 1.64. The standard InChI is InChI=1S/C10H15N7/c11-3-1-8-2-4-16(7-8)10-6-12-5-9-13-14-15-17(9)10/h5-6,8H,1-4,7,11H2. The summed E-state index contributed by atoms with van der Waals surface area (Å²) in [5, 5.41) is 11.5. The monoisotopic (exact) mass is 233 g/mol. The molecule has 90 valence electrons. The summed E-state index contributed by atoms with van der Waals surface area (Å²) in [7, 11) is 0. The molecule has 1 aliphatic rings. The first-order valence-electron chi connectivity index (χ1n) is 5.85. The van der Waals surface area contributed by atoms with Crippen molar-refractivity contribution in [3.8, 4) is 0 Å². The fraction of sp³-hybridized carbons (Fsp3) is 0.600. The maximum Gasteiger partial charge on any atom is 0.199 e. The van der Waals surface area contributed by atoms with Gasteiger partial charge in [-0.05, 0) is 35.7 Å². The molecule has 3 rings (SSSR count). The van der Waals surface area contributed by atoms with Crippen molar-refractivity contribution in [2.24, 2.45) is 11.7 Å². The van der Waals surface area contributed by atoms with E-state index in [2.05, 4.69) is 25.4 Å². The minimum atomic E-state index is 0.673. The van der Waals surface area contributed by atoms with Crippen LogP contribution in [0.15, 0.2) is 12.4 Å². The van der Waals surface area contributed by atoms with E-state index in [0.29, 0.717) is 11.6 Å². The molecule has 0 amide bonds. The number of fused-ring (bicyclic) bond motifs is 1. The van der Waals surface area contributed by atoms with E-state index in [1.54, 1.807) is 10.7 Å². The predicted octanol–water partition coefficient (Wildman–Crippen LogP) is -0.306. The van der Waals surface area contributed by atoms with Crippen molar-refractivity contribution >= 4 is 11.5 Å². The molecule has 7 nitrogen and oxygen atoms in total. The molecule has 0 spiro atoms. The molecule has 0 aromatic carbocycles. The maximum absolute atomic E-state index is 5.60. The third-order valence-corrected chi connectivity index (χ3v) is 3.28. The van der Waals surface area contributed by atoms with Crippen LogP contribution in [0.2, 0.25) is 0 Å². The summed E-state index contributed by atoms with van der Waals surface area (Å²) >= 11 is 0. The Bertz CT molecular complexity index is 508. The lowest BCUT2D eigenvalue weighted by Gasteiger charge is -2.18.